The zero-order valence-electron chi connectivity index (χ0n) is 14.3. The maximum absolute atomic E-state index is 13.0. The Morgan fingerprint density at radius 1 is 1.32 bits per heavy atom. The normalized spacial score (nSPS) is 18.0. The molecule has 1 fully saturated rings. The summed E-state index contributed by atoms with van der Waals surface area (Å²) in [6, 6.07) is 10.8. The molecule has 1 atom stereocenters. The lowest BCUT2D eigenvalue weighted by Gasteiger charge is -2.37. The van der Waals surface area contributed by atoms with E-state index in [0.717, 1.165) is 5.56 Å². The van der Waals surface area contributed by atoms with Gasteiger partial charge >= 0.3 is 0 Å². The lowest BCUT2D eigenvalue weighted by atomic mass is 10.0. The molecule has 1 aromatic heterocycles. The van der Waals surface area contributed by atoms with Crippen LogP contribution in [0, 0.1) is 0 Å². The Morgan fingerprint density at radius 2 is 2.08 bits per heavy atom. The number of rotatable bonds is 4. The maximum Gasteiger partial charge on any atom is 0.266 e. The average Bonchev–Trinajstić information content (AvgIpc) is 2.64. The standard InChI is InChI=1S/C19H21ClN2O3/c1-19(2,25-16-7-5-15(20)6-8-16)18(23)22-10-11-24-17(13-22)14-4-3-9-21-12-14/h3-9,12,17H,10-11,13H2,1-2H3/t17-/m1/s1. The number of carbonyl (C=O) groups excluding carboxylic acids is 1. The monoisotopic (exact) mass is 360 g/mol. The third-order valence-corrected chi connectivity index (χ3v) is 4.36. The Kier molecular flexibility index (Phi) is 5.25. The molecular formula is C19H21ClN2O3. The van der Waals surface area contributed by atoms with E-state index in [1.54, 1.807) is 55.4 Å². The molecule has 1 aromatic carbocycles. The largest absolute Gasteiger partial charge is 0.478 e. The summed E-state index contributed by atoms with van der Waals surface area (Å²) in [5.41, 5.74) is -0.0126. The average molecular weight is 361 g/mol. The molecule has 0 unspecified atom stereocenters. The van der Waals surface area contributed by atoms with Crippen molar-refractivity contribution in [3.05, 3.63) is 59.4 Å². The van der Waals surface area contributed by atoms with Crippen LogP contribution in [0.2, 0.25) is 5.02 Å². The van der Waals surface area contributed by atoms with Gasteiger partial charge in [0.05, 0.1) is 13.2 Å². The van der Waals surface area contributed by atoms with Crippen molar-refractivity contribution in [2.75, 3.05) is 19.7 Å². The SMILES string of the molecule is CC(C)(Oc1ccc(Cl)cc1)C(=O)N1CCO[C@@H](c2cccnc2)C1. The van der Waals surface area contributed by atoms with E-state index in [0.29, 0.717) is 30.5 Å². The van der Waals surface area contributed by atoms with Crippen molar-refractivity contribution >= 4 is 17.5 Å². The van der Waals surface area contributed by atoms with Crippen molar-refractivity contribution in [2.24, 2.45) is 0 Å². The van der Waals surface area contributed by atoms with Gasteiger partial charge in [0.2, 0.25) is 0 Å². The number of nitrogens with zero attached hydrogens (tertiary/aromatic N) is 2. The molecule has 2 aromatic rings. The molecule has 132 valence electrons. The molecule has 3 rings (SSSR count). The molecule has 0 saturated carbocycles. The molecule has 0 aliphatic carbocycles. The van der Waals surface area contributed by atoms with Crippen LogP contribution in [-0.4, -0.2) is 41.1 Å². The lowest BCUT2D eigenvalue weighted by molar-refractivity contribution is -0.153. The number of halogens is 1. The number of amides is 1. The first-order valence-corrected chi connectivity index (χ1v) is 8.59. The minimum Gasteiger partial charge on any atom is -0.478 e. The summed E-state index contributed by atoms with van der Waals surface area (Å²) in [5.74, 6) is 0.541. The van der Waals surface area contributed by atoms with Crippen LogP contribution < -0.4 is 4.74 Å². The van der Waals surface area contributed by atoms with Crippen molar-refractivity contribution in [1.82, 2.24) is 9.88 Å². The van der Waals surface area contributed by atoms with Crippen LogP contribution in [0.1, 0.15) is 25.5 Å². The summed E-state index contributed by atoms with van der Waals surface area (Å²) >= 11 is 5.89. The highest BCUT2D eigenvalue weighted by Crippen LogP contribution is 2.26. The van der Waals surface area contributed by atoms with Gasteiger partial charge in [-0.1, -0.05) is 17.7 Å². The quantitative estimate of drug-likeness (QED) is 0.837. The van der Waals surface area contributed by atoms with Gasteiger partial charge in [-0.25, -0.2) is 0 Å². The molecule has 1 aliphatic rings. The molecule has 1 saturated heterocycles. The van der Waals surface area contributed by atoms with Crippen LogP contribution in [0.4, 0.5) is 0 Å². The summed E-state index contributed by atoms with van der Waals surface area (Å²) < 4.78 is 11.7. The molecule has 0 N–H and O–H groups in total. The van der Waals surface area contributed by atoms with Crippen molar-refractivity contribution < 1.29 is 14.3 Å². The highest BCUT2D eigenvalue weighted by molar-refractivity contribution is 6.30. The Balaban J connectivity index is 1.69. The van der Waals surface area contributed by atoms with E-state index in [9.17, 15) is 4.79 Å². The molecule has 6 heteroatoms. The minimum absolute atomic E-state index is 0.0698. The Bertz CT molecular complexity index is 719. The van der Waals surface area contributed by atoms with Gasteiger partial charge in [-0.15, -0.1) is 0 Å². The van der Waals surface area contributed by atoms with E-state index in [1.807, 2.05) is 12.1 Å². The van der Waals surface area contributed by atoms with Gasteiger partial charge < -0.3 is 14.4 Å². The third kappa shape index (κ3) is 4.30. The number of aromatic nitrogens is 1. The zero-order chi connectivity index (χ0) is 17.9. The summed E-state index contributed by atoms with van der Waals surface area (Å²) in [6.07, 6.45) is 3.32. The molecule has 0 spiro atoms. The highest BCUT2D eigenvalue weighted by atomic mass is 35.5. The second-order valence-electron chi connectivity index (χ2n) is 6.46. The van der Waals surface area contributed by atoms with Gasteiger partial charge in [-0.2, -0.15) is 0 Å². The van der Waals surface area contributed by atoms with Crippen molar-refractivity contribution in [3.63, 3.8) is 0 Å². The Hall–Kier alpha value is -2.11. The molecule has 25 heavy (non-hydrogen) atoms. The number of pyridine rings is 1. The van der Waals surface area contributed by atoms with Crippen LogP contribution in [0.25, 0.3) is 0 Å². The van der Waals surface area contributed by atoms with Crippen molar-refractivity contribution in [3.8, 4) is 5.75 Å². The Morgan fingerprint density at radius 3 is 2.76 bits per heavy atom. The first kappa shape index (κ1) is 17.7. The fourth-order valence-electron chi connectivity index (χ4n) is 2.82. The summed E-state index contributed by atoms with van der Waals surface area (Å²) in [7, 11) is 0. The Labute approximate surface area is 152 Å². The fourth-order valence-corrected chi connectivity index (χ4v) is 2.95. The first-order chi connectivity index (χ1) is 12.0. The lowest BCUT2D eigenvalue weighted by Crippen LogP contribution is -2.53. The van der Waals surface area contributed by atoms with E-state index in [2.05, 4.69) is 4.98 Å². The predicted molar refractivity (Wildman–Crippen MR) is 95.7 cm³/mol. The molecule has 1 amide bonds. The van der Waals surface area contributed by atoms with Crippen LogP contribution in [-0.2, 0) is 9.53 Å². The molecule has 1 aliphatic heterocycles. The summed E-state index contributed by atoms with van der Waals surface area (Å²) in [4.78, 5) is 18.9. The van der Waals surface area contributed by atoms with Gasteiger partial charge in [-0.05, 0) is 44.2 Å². The summed E-state index contributed by atoms with van der Waals surface area (Å²) in [6.45, 7) is 5.07. The van der Waals surface area contributed by atoms with E-state index < -0.39 is 5.60 Å². The smallest absolute Gasteiger partial charge is 0.266 e. The highest BCUT2D eigenvalue weighted by Gasteiger charge is 2.37. The molecule has 2 heterocycles. The van der Waals surface area contributed by atoms with E-state index >= 15 is 0 Å². The third-order valence-electron chi connectivity index (χ3n) is 4.11. The number of benzene rings is 1. The maximum atomic E-state index is 13.0. The van der Waals surface area contributed by atoms with Gasteiger partial charge in [0.1, 0.15) is 11.9 Å². The predicted octanol–water partition coefficient (Wildman–Crippen LogP) is 3.49. The number of hydrogen-bond donors (Lipinski definition) is 0. The topological polar surface area (TPSA) is 51.7 Å². The van der Waals surface area contributed by atoms with Gasteiger partial charge in [-0.3, -0.25) is 9.78 Å². The van der Waals surface area contributed by atoms with Crippen LogP contribution in [0.15, 0.2) is 48.8 Å². The molecule has 0 radical (unpaired) electrons. The van der Waals surface area contributed by atoms with Crippen molar-refractivity contribution in [1.29, 1.82) is 0 Å². The molecule has 0 bridgehead atoms. The minimum atomic E-state index is -0.981. The number of ether oxygens (including phenoxy) is 2. The molecule has 5 nitrogen and oxygen atoms in total. The first-order valence-electron chi connectivity index (χ1n) is 8.21. The number of carbonyl (C=O) groups is 1. The second kappa shape index (κ2) is 7.42. The van der Waals surface area contributed by atoms with E-state index in [-0.39, 0.29) is 12.0 Å². The fraction of sp³-hybridized carbons (Fsp3) is 0.368. The van der Waals surface area contributed by atoms with E-state index in [4.69, 9.17) is 21.1 Å². The molecular weight excluding hydrogens is 340 g/mol. The second-order valence-corrected chi connectivity index (χ2v) is 6.90. The van der Waals surface area contributed by atoms with Crippen LogP contribution in [0.3, 0.4) is 0 Å². The van der Waals surface area contributed by atoms with Crippen LogP contribution >= 0.6 is 11.6 Å². The van der Waals surface area contributed by atoms with Gasteiger partial charge in [0.15, 0.2) is 5.60 Å². The zero-order valence-corrected chi connectivity index (χ0v) is 15.1. The van der Waals surface area contributed by atoms with E-state index in [1.165, 1.54) is 0 Å². The van der Waals surface area contributed by atoms with Crippen LogP contribution in [0.5, 0.6) is 5.75 Å². The van der Waals surface area contributed by atoms with Crippen molar-refractivity contribution in [2.45, 2.75) is 25.6 Å². The number of morpholine rings is 1. The number of hydrogen-bond acceptors (Lipinski definition) is 4. The van der Waals surface area contributed by atoms with Gasteiger partial charge in [0.25, 0.3) is 5.91 Å². The van der Waals surface area contributed by atoms with Gasteiger partial charge in [0, 0.05) is 29.5 Å². The summed E-state index contributed by atoms with van der Waals surface area (Å²) in [5, 5.41) is 0.629.